The minimum Gasteiger partial charge on any atom is -0.325 e. The van der Waals surface area contributed by atoms with Crippen molar-refractivity contribution in [2.24, 2.45) is 7.05 Å². The van der Waals surface area contributed by atoms with E-state index in [-0.39, 0.29) is 17.3 Å². The second-order valence-corrected chi connectivity index (χ2v) is 8.04. The molecule has 146 valence electrons. The molecule has 0 saturated heterocycles. The molecule has 1 aromatic heterocycles. The lowest BCUT2D eigenvalue weighted by Crippen LogP contribution is -2.25. The van der Waals surface area contributed by atoms with Crippen LogP contribution in [0, 0.1) is 5.82 Å². The number of anilines is 1. The molecule has 1 atom stereocenters. The third-order valence-corrected chi connectivity index (χ3v) is 5.81. The third-order valence-electron chi connectivity index (χ3n) is 4.67. The van der Waals surface area contributed by atoms with E-state index in [0.29, 0.717) is 21.7 Å². The number of benzene rings is 3. The van der Waals surface area contributed by atoms with Crippen LogP contribution < -0.4 is 10.9 Å². The summed E-state index contributed by atoms with van der Waals surface area (Å²) in [5, 5.41) is 5.21. The number of nitrogens with one attached hydrogen (secondary N) is 1. The van der Waals surface area contributed by atoms with Gasteiger partial charge in [-0.1, -0.05) is 36.0 Å². The highest BCUT2D eigenvalue weighted by Crippen LogP contribution is 2.25. The van der Waals surface area contributed by atoms with E-state index < -0.39 is 5.25 Å². The van der Waals surface area contributed by atoms with Gasteiger partial charge in [0.15, 0.2) is 5.16 Å². The first-order valence-corrected chi connectivity index (χ1v) is 9.93. The normalized spacial score (nSPS) is 12.2. The predicted octanol–water partition coefficient (Wildman–Crippen LogP) is 4.35. The molecule has 1 heterocycles. The van der Waals surface area contributed by atoms with E-state index >= 15 is 0 Å². The maximum atomic E-state index is 13.0. The fourth-order valence-corrected chi connectivity index (χ4v) is 3.91. The highest BCUT2D eigenvalue weighted by atomic mass is 32.2. The number of carbonyl (C=O) groups is 1. The maximum absolute atomic E-state index is 13.0. The molecule has 3 aromatic carbocycles. The number of hydrogen-bond acceptors (Lipinski definition) is 4. The van der Waals surface area contributed by atoms with E-state index in [9.17, 15) is 14.0 Å². The highest BCUT2D eigenvalue weighted by molar-refractivity contribution is 8.00. The zero-order valence-electron chi connectivity index (χ0n) is 15.8. The number of nitrogens with zero attached hydrogens (tertiary/aromatic N) is 2. The molecule has 0 aliphatic carbocycles. The lowest BCUT2D eigenvalue weighted by molar-refractivity contribution is -0.115. The van der Waals surface area contributed by atoms with Crippen molar-refractivity contribution in [2.45, 2.75) is 17.3 Å². The largest absolute Gasteiger partial charge is 0.325 e. The Kier molecular flexibility index (Phi) is 5.07. The quantitative estimate of drug-likeness (QED) is 0.310. The fourth-order valence-electron chi connectivity index (χ4n) is 3.03. The van der Waals surface area contributed by atoms with E-state index in [2.05, 4.69) is 10.3 Å². The van der Waals surface area contributed by atoms with Crippen molar-refractivity contribution in [3.63, 3.8) is 0 Å². The molecule has 4 aromatic rings. The van der Waals surface area contributed by atoms with E-state index in [0.717, 1.165) is 10.8 Å². The van der Waals surface area contributed by atoms with Crippen LogP contribution in [0.4, 0.5) is 10.1 Å². The monoisotopic (exact) mass is 407 g/mol. The Bertz CT molecular complexity index is 1290. The number of aromatic nitrogens is 2. The minimum absolute atomic E-state index is 0.158. The SMILES string of the molecule is C[C@@H](Sc1nc2cc3ccccc3cc2c(=O)n1C)C(=O)Nc1ccc(F)cc1. The molecule has 0 spiro atoms. The maximum Gasteiger partial charge on any atom is 0.261 e. The van der Waals surface area contributed by atoms with Gasteiger partial charge in [0.25, 0.3) is 5.56 Å². The molecule has 0 bridgehead atoms. The topological polar surface area (TPSA) is 64.0 Å². The van der Waals surface area contributed by atoms with Gasteiger partial charge in [-0.2, -0.15) is 0 Å². The molecule has 0 fully saturated rings. The minimum atomic E-state index is -0.504. The Hall–Kier alpha value is -3.19. The number of rotatable bonds is 4. The summed E-state index contributed by atoms with van der Waals surface area (Å²) in [6, 6.07) is 17.1. The van der Waals surface area contributed by atoms with Crippen molar-refractivity contribution >= 4 is 45.0 Å². The molecular formula is C22H18FN3O2S. The van der Waals surface area contributed by atoms with Gasteiger partial charge in [0.2, 0.25) is 5.91 Å². The van der Waals surface area contributed by atoms with Crippen LogP contribution >= 0.6 is 11.8 Å². The van der Waals surface area contributed by atoms with Gasteiger partial charge in [0.05, 0.1) is 16.2 Å². The molecule has 0 unspecified atom stereocenters. The van der Waals surface area contributed by atoms with Gasteiger partial charge >= 0.3 is 0 Å². The van der Waals surface area contributed by atoms with E-state index in [4.69, 9.17) is 0 Å². The summed E-state index contributed by atoms with van der Waals surface area (Å²) in [4.78, 5) is 30.0. The summed E-state index contributed by atoms with van der Waals surface area (Å²) < 4.78 is 14.5. The number of halogens is 1. The van der Waals surface area contributed by atoms with Gasteiger partial charge in [-0.05, 0) is 54.1 Å². The number of carbonyl (C=O) groups excluding carboxylic acids is 1. The lowest BCUT2D eigenvalue weighted by atomic mass is 10.1. The first-order chi connectivity index (χ1) is 13.9. The molecule has 5 nitrogen and oxygen atoms in total. The van der Waals surface area contributed by atoms with Gasteiger partial charge in [-0.3, -0.25) is 14.2 Å². The van der Waals surface area contributed by atoms with Gasteiger partial charge in [-0.25, -0.2) is 9.37 Å². The standard InChI is InChI=1S/C22H18FN3O2S/c1-13(20(27)24-17-9-7-16(23)8-10-17)29-22-25-19-12-15-6-4-3-5-14(15)11-18(19)21(28)26(22)2/h3-13H,1-2H3,(H,24,27)/t13-/m1/s1. The molecule has 0 radical (unpaired) electrons. The van der Waals surface area contributed by atoms with Crippen molar-refractivity contribution in [1.82, 2.24) is 9.55 Å². The number of amides is 1. The van der Waals surface area contributed by atoms with Crippen molar-refractivity contribution in [2.75, 3.05) is 5.32 Å². The number of hydrogen-bond donors (Lipinski definition) is 1. The lowest BCUT2D eigenvalue weighted by Gasteiger charge is -2.14. The van der Waals surface area contributed by atoms with Crippen LogP contribution in [0.1, 0.15) is 6.92 Å². The Morgan fingerprint density at radius 2 is 1.76 bits per heavy atom. The molecule has 1 N–H and O–H groups in total. The number of fused-ring (bicyclic) bond motifs is 2. The zero-order chi connectivity index (χ0) is 20.5. The highest BCUT2D eigenvalue weighted by Gasteiger charge is 2.19. The van der Waals surface area contributed by atoms with Crippen LogP contribution in [0.25, 0.3) is 21.7 Å². The van der Waals surface area contributed by atoms with Gasteiger partial charge in [0, 0.05) is 12.7 Å². The number of thioether (sulfide) groups is 1. The van der Waals surface area contributed by atoms with Crippen LogP contribution in [-0.4, -0.2) is 20.7 Å². The van der Waals surface area contributed by atoms with Crippen LogP contribution in [-0.2, 0) is 11.8 Å². The Balaban J connectivity index is 1.63. The molecule has 29 heavy (non-hydrogen) atoms. The smallest absolute Gasteiger partial charge is 0.261 e. The third kappa shape index (κ3) is 3.86. The summed E-state index contributed by atoms with van der Waals surface area (Å²) in [7, 11) is 1.65. The second-order valence-electron chi connectivity index (χ2n) is 6.73. The van der Waals surface area contributed by atoms with Gasteiger partial charge in [-0.15, -0.1) is 0 Å². The van der Waals surface area contributed by atoms with E-state index in [1.807, 2.05) is 36.4 Å². The van der Waals surface area contributed by atoms with Crippen LogP contribution in [0.3, 0.4) is 0 Å². The molecule has 0 saturated carbocycles. The summed E-state index contributed by atoms with van der Waals surface area (Å²) >= 11 is 1.20. The van der Waals surface area contributed by atoms with Crippen LogP contribution in [0.15, 0.2) is 70.6 Å². The van der Waals surface area contributed by atoms with Crippen LogP contribution in [0.5, 0.6) is 0 Å². The van der Waals surface area contributed by atoms with Crippen molar-refractivity contribution in [3.8, 4) is 0 Å². The van der Waals surface area contributed by atoms with Crippen molar-refractivity contribution in [1.29, 1.82) is 0 Å². The Morgan fingerprint density at radius 1 is 1.10 bits per heavy atom. The second kappa shape index (κ2) is 7.67. The van der Waals surface area contributed by atoms with Crippen molar-refractivity contribution in [3.05, 3.63) is 76.8 Å². The van der Waals surface area contributed by atoms with E-state index in [1.165, 1.54) is 40.6 Å². The summed E-state index contributed by atoms with van der Waals surface area (Å²) in [5.74, 6) is -0.622. The van der Waals surface area contributed by atoms with Gasteiger partial charge < -0.3 is 5.32 Å². The first-order valence-electron chi connectivity index (χ1n) is 9.05. The first kappa shape index (κ1) is 19.1. The Labute approximate surface area is 170 Å². The predicted molar refractivity (Wildman–Crippen MR) is 115 cm³/mol. The summed E-state index contributed by atoms with van der Waals surface area (Å²) in [6.07, 6.45) is 0. The zero-order valence-corrected chi connectivity index (χ0v) is 16.7. The molecule has 4 rings (SSSR count). The molecule has 1 amide bonds. The van der Waals surface area contributed by atoms with E-state index in [1.54, 1.807) is 14.0 Å². The van der Waals surface area contributed by atoms with Crippen LogP contribution in [0.2, 0.25) is 0 Å². The average Bonchev–Trinajstić information content (AvgIpc) is 2.72. The summed E-state index contributed by atoms with van der Waals surface area (Å²) in [6.45, 7) is 1.74. The molecule has 7 heteroatoms. The average molecular weight is 407 g/mol. The molecule has 0 aliphatic rings. The molecular weight excluding hydrogens is 389 g/mol. The molecule has 0 aliphatic heterocycles. The van der Waals surface area contributed by atoms with Crippen molar-refractivity contribution < 1.29 is 9.18 Å². The fraction of sp³-hybridized carbons (Fsp3) is 0.136. The Morgan fingerprint density at radius 3 is 2.45 bits per heavy atom. The van der Waals surface area contributed by atoms with Gasteiger partial charge in [0.1, 0.15) is 5.82 Å². The summed E-state index contributed by atoms with van der Waals surface area (Å²) in [5.41, 5.74) is 0.950.